The molecule has 0 aliphatic rings. The van der Waals surface area contributed by atoms with Gasteiger partial charge in [-0.15, -0.1) is 0 Å². The van der Waals surface area contributed by atoms with Gasteiger partial charge in [0.1, 0.15) is 0 Å². The minimum absolute atomic E-state index is 0.0115. The van der Waals surface area contributed by atoms with Gasteiger partial charge < -0.3 is 15.4 Å². The van der Waals surface area contributed by atoms with Gasteiger partial charge in [-0.2, -0.15) is 0 Å². The number of nitrogens with one attached hydrogen (secondary N) is 2. The summed E-state index contributed by atoms with van der Waals surface area (Å²) in [4.78, 5) is 26.4. The van der Waals surface area contributed by atoms with Crippen molar-refractivity contribution in [3.63, 3.8) is 0 Å². The van der Waals surface area contributed by atoms with Gasteiger partial charge in [-0.25, -0.2) is 0 Å². The number of pyridine rings is 1. The number of aliphatic hydroxyl groups is 1. The van der Waals surface area contributed by atoms with E-state index < -0.39 is 0 Å². The highest BCUT2D eigenvalue weighted by molar-refractivity contribution is 6.06. The van der Waals surface area contributed by atoms with Crippen molar-refractivity contribution in [1.29, 1.82) is 0 Å². The zero-order valence-corrected chi connectivity index (χ0v) is 10.6. The number of para-hydroxylation sites is 1. The van der Waals surface area contributed by atoms with Crippen molar-refractivity contribution in [2.24, 2.45) is 0 Å². The van der Waals surface area contributed by atoms with E-state index in [1.165, 1.54) is 6.07 Å². The van der Waals surface area contributed by atoms with E-state index in [9.17, 15) is 9.59 Å². The van der Waals surface area contributed by atoms with Crippen molar-refractivity contribution in [3.8, 4) is 0 Å². The molecule has 1 amide bonds. The van der Waals surface area contributed by atoms with Crippen LogP contribution < -0.4 is 10.9 Å². The monoisotopic (exact) mass is 260 g/mol. The van der Waals surface area contributed by atoms with Gasteiger partial charge in [-0.05, 0) is 19.4 Å². The third-order valence-corrected chi connectivity index (χ3v) is 2.93. The maximum absolute atomic E-state index is 12.2. The molecule has 0 saturated heterocycles. The summed E-state index contributed by atoms with van der Waals surface area (Å²) in [6, 6.07) is 8.31. The average Bonchev–Trinajstić information content (AvgIpc) is 2.37. The summed E-state index contributed by atoms with van der Waals surface area (Å²) in [5, 5.41) is 12.3. The summed E-state index contributed by atoms with van der Waals surface area (Å²) in [7, 11) is 0. The largest absolute Gasteiger partial charge is 0.396 e. The zero-order chi connectivity index (χ0) is 13.8. The SMILES string of the molecule is CC(CCO)NC(=O)c1cc(=O)[nH]c2ccccc12. The predicted octanol–water partition coefficient (Wildman–Crippen LogP) is 1.03. The normalized spacial score (nSPS) is 12.3. The van der Waals surface area contributed by atoms with E-state index in [1.807, 2.05) is 13.0 Å². The van der Waals surface area contributed by atoms with E-state index in [2.05, 4.69) is 10.3 Å². The van der Waals surface area contributed by atoms with Gasteiger partial charge >= 0.3 is 0 Å². The number of benzene rings is 1. The van der Waals surface area contributed by atoms with Gasteiger partial charge in [0.15, 0.2) is 0 Å². The first-order valence-corrected chi connectivity index (χ1v) is 6.15. The van der Waals surface area contributed by atoms with Gasteiger partial charge in [-0.1, -0.05) is 18.2 Å². The molecule has 0 saturated carbocycles. The Kier molecular flexibility index (Phi) is 3.97. The van der Waals surface area contributed by atoms with E-state index in [0.29, 0.717) is 22.9 Å². The molecule has 2 aromatic rings. The molecule has 1 unspecified atom stereocenters. The Morgan fingerprint density at radius 3 is 2.89 bits per heavy atom. The number of carbonyl (C=O) groups is 1. The first-order valence-electron chi connectivity index (χ1n) is 6.15. The molecule has 3 N–H and O–H groups in total. The second-order valence-electron chi connectivity index (χ2n) is 4.48. The number of hydrogen-bond acceptors (Lipinski definition) is 3. The van der Waals surface area contributed by atoms with Crippen molar-refractivity contribution in [1.82, 2.24) is 10.3 Å². The summed E-state index contributed by atoms with van der Waals surface area (Å²) in [6.45, 7) is 1.82. The molecule has 1 aromatic heterocycles. The molecule has 2 rings (SSSR count). The number of amides is 1. The lowest BCUT2D eigenvalue weighted by Gasteiger charge is -2.13. The number of hydrogen-bond donors (Lipinski definition) is 3. The van der Waals surface area contributed by atoms with Crippen molar-refractivity contribution in [2.75, 3.05) is 6.61 Å². The topological polar surface area (TPSA) is 82.2 Å². The highest BCUT2D eigenvalue weighted by Crippen LogP contribution is 2.14. The first kappa shape index (κ1) is 13.3. The van der Waals surface area contributed by atoms with Crippen LogP contribution in [0.2, 0.25) is 0 Å². The Morgan fingerprint density at radius 1 is 1.42 bits per heavy atom. The Labute approximate surface area is 110 Å². The summed E-state index contributed by atoms with van der Waals surface area (Å²) in [6.07, 6.45) is 0.479. The fraction of sp³-hybridized carbons (Fsp3) is 0.286. The van der Waals surface area contributed by atoms with Crippen LogP contribution in [0.25, 0.3) is 10.9 Å². The lowest BCUT2D eigenvalue weighted by atomic mass is 10.1. The minimum atomic E-state index is -0.307. The Morgan fingerprint density at radius 2 is 2.16 bits per heavy atom. The maximum Gasteiger partial charge on any atom is 0.252 e. The minimum Gasteiger partial charge on any atom is -0.396 e. The number of carbonyl (C=O) groups excluding carboxylic acids is 1. The van der Waals surface area contributed by atoms with E-state index in [1.54, 1.807) is 18.2 Å². The number of aromatic nitrogens is 1. The fourth-order valence-electron chi connectivity index (χ4n) is 1.96. The Balaban J connectivity index is 2.39. The molecule has 5 heteroatoms. The van der Waals surface area contributed by atoms with Crippen LogP contribution in [0.5, 0.6) is 0 Å². The molecule has 0 fully saturated rings. The third kappa shape index (κ3) is 3.00. The van der Waals surface area contributed by atoms with Crippen LogP contribution >= 0.6 is 0 Å². The van der Waals surface area contributed by atoms with Crippen LogP contribution in [0.3, 0.4) is 0 Å². The first-order chi connectivity index (χ1) is 9.11. The zero-order valence-electron chi connectivity index (χ0n) is 10.6. The molecule has 0 spiro atoms. The van der Waals surface area contributed by atoms with Crippen LogP contribution in [-0.2, 0) is 0 Å². The second kappa shape index (κ2) is 5.67. The second-order valence-corrected chi connectivity index (χ2v) is 4.48. The standard InChI is InChI=1S/C14H16N2O3/c1-9(6-7-17)15-14(19)11-8-13(18)16-12-5-3-2-4-10(11)12/h2-5,8-9,17H,6-7H2,1H3,(H,15,19)(H,16,18). The fourth-order valence-corrected chi connectivity index (χ4v) is 1.96. The molecule has 0 aliphatic heterocycles. The Bertz CT molecular complexity index is 648. The molecule has 0 radical (unpaired) electrons. The van der Waals surface area contributed by atoms with Gasteiger partial charge in [0.05, 0.1) is 5.56 Å². The molecule has 5 nitrogen and oxygen atoms in total. The molecule has 100 valence electrons. The highest BCUT2D eigenvalue weighted by Gasteiger charge is 2.13. The van der Waals surface area contributed by atoms with Gasteiger partial charge in [0, 0.05) is 29.6 Å². The molecule has 1 aromatic carbocycles. The van der Waals surface area contributed by atoms with Crippen molar-refractivity contribution in [3.05, 3.63) is 46.2 Å². The number of rotatable bonds is 4. The third-order valence-electron chi connectivity index (χ3n) is 2.93. The van der Waals surface area contributed by atoms with Crippen LogP contribution in [0, 0.1) is 0 Å². The molecular formula is C14H16N2O3. The average molecular weight is 260 g/mol. The highest BCUT2D eigenvalue weighted by atomic mass is 16.3. The smallest absolute Gasteiger partial charge is 0.252 e. The molecule has 1 atom stereocenters. The van der Waals surface area contributed by atoms with E-state index in [4.69, 9.17) is 5.11 Å². The number of fused-ring (bicyclic) bond motifs is 1. The summed E-state index contributed by atoms with van der Waals surface area (Å²) in [5.74, 6) is -0.303. The number of aromatic amines is 1. The molecule has 19 heavy (non-hydrogen) atoms. The van der Waals surface area contributed by atoms with Crippen LogP contribution in [0.15, 0.2) is 35.1 Å². The van der Waals surface area contributed by atoms with E-state index in [-0.39, 0.29) is 24.1 Å². The van der Waals surface area contributed by atoms with Crippen LogP contribution in [0.1, 0.15) is 23.7 Å². The summed E-state index contributed by atoms with van der Waals surface area (Å²) < 4.78 is 0. The van der Waals surface area contributed by atoms with E-state index >= 15 is 0 Å². The van der Waals surface area contributed by atoms with Crippen LogP contribution in [0.4, 0.5) is 0 Å². The lowest BCUT2D eigenvalue weighted by molar-refractivity contribution is 0.0936. The van der Waals surface area contributed by atoms with Crippen LogP contribution in [-0.4, -0.2) is 28.6 Å². The quantitative estimate of drug-likeness (QED) is 0.768. The molecule has 1 heterocycles. The summed E-state index contributed by atoms with van der Waals surface area (Å²) in [5.41, 5.74) is 0.678. The van der Waals surface area contributed by atoms with E-state index in [0.717, 1.165) is 0 Å². The van der Waals surface area contributed by atoms with Crippen molar-refractivity contribution in [2.45, 2.75) is 19.4 Å². The van der Waals surface area contributed by atoms with Gasteiger partial charge in [-0.3, -0.25) is 9.59 Å². The Hall–Kier alpha value is -2.14. The summed E-state index contributed by atoms with van der Waals surface area (Å²) >= 11 is 0. The van der Waals surface area contributed by atoms with Crippen molar-refractivity contribution < 1.29 is 9.90 Å². The molecule has 0 bridgehead atoms. The lowest BCUT2D eigenvalue weighted by Crippen LogP contribution is -2.33. The van der Waals surface area contributed by atoms with Gasteiger partial charge in [0.2, 0.25) is 5.56 Å². The van der Waals surface area contributed by atoms with Gasteiger partial charge in [0.25, 0.3) is 5.91 Å². The van der Waals surface area contributed by atoms with Crippen molar-refractivity contribution >= 4 is 16.8 Å². The number of H-pyrrole nitrogens is 1. The maximum atomic E-state index is 12.2. The molecule has 0 aliphatic carbocycles. The molecular weight excluding hydrogens is 244 g/mol. The number of aliphatic hydroxyl groups excluding tert-OH is 1. The predicted molar refractivity (Wildman–Crippen MR) is 73.2 cm³/mol.